The van der Waals surface area contributed by atoms with Crippen LogP contribution in [0.3, 0.4) is 0 Å². The van der Waals surface area contributed by atoms with Crippen LogP contribution in [-0.2, 0) is 11.4 Å². The number of halogens is 2. The molecule has 0 aromatic heterocycles. The fourth-order valence-corrected chi connectivity index (χ4v) is 2.88. The standard InChI is InChI=1S/C22H18Cl2O4/c23-20-9-4-15(12-21(20)24)14-28-18-7-5-16(6-8-18)17-2-1-3-19(13-17)27-11-10-22(25)26/h1-9,12-13H,10-11,14H2,(H,25,26). The molecule has 1 N–H and O–H groups in total. The van der Waals surface area contributed by atoms with Crippen LogP contribution in [0, 0.1) is 0 Å². The lowest BCUT2D eigenvalue weighted by atomic mass is 10.1. The summed E-state index contributed by atoms with van der Waals surface area (Å²) in [5, 5.41) is 9.71. The number of hydrogen-bond donors (Lipinski definition) is 1. The topological polar surface area (TPSA) is 55.8 Å². The molecule has 0 bridgehead atoms. The summed E-state index contributed by atoms with van der Waals surface area (Å²) in [4.78, 5) is 10.6. The van der Waals surface area contributed by atoms with Gasteiger partial charge in [-0.3, -0.25) is 4.79 Å². The molecule has 3 aromatic rings. The predicted molar refractivity (Wildman–Crippen MR) is 110 cm³/mol. The summed E-state index contributed by atoms with van der Waals surface area (Å²) >= 11 is 11.9. The van der Waals surface area contributed by atoms with Crippen molar-refractivity contribution in [3.63, 3.8) is 0 Å². The van der Waals surface area contributed by atoms with Gasteiger partial charge in [-0.1, -0.05) is 53.5 Å². The van der Waals surface area contributed by atoms with Gasteiger partial charge in [0.25, 0.3) is 0 Å². The lowest BCUT2D eigenvalue weighted by Gasteiger charge is -2.10. The van der Waals surface area contributed by atoms with Gasteiger partial charge in [0.05, 0.1) is 23.1 Å². The average molecular weight is 417 g/mol. The Morgan fingerprint density at radius 1 is 0.821 bits per heavy atom. The second-order valence-corrected chi connectivity index (χ2v) is 6.90. The Hall–Kier alpha value is -2.69. The summed E-state index contributed by atoms with van der Waals surface area (Å²) in [6, 6.07) is 20.6. The molecule has 6 heteroatoms. The fraction of sp³-hybridized carbons (Fsp3) is 0.136. The van der Waals surface area contributed by atoms with Crippen molar-refractivity contribution in [3.8, 4) is 22.6 Å². The van der Waals surface area contributed by atoms with Crippen molar-refractivity contribution in [2.75, 3.05) is 6.61 Å². The highest BCUT2D eigenvalue weighted by molar-refractivity contribution is 6.42. The van der Waals surface area contributed by atoms with Crippen molar-refractivity contribution in [2.24, 2.45) is 0 Å². The average Bonchev–Trinajstić information content (AvgIpc) is 2.69. The molecule has 0 heterocycles. The van der Waals surface area contributed by atoms with Gasteiger partial charge in [0, 0.05) is 0 Å². The van der Waals surface area contributed by atoms with Crippen molar-refractivity contribution in [2.45, 2.75) is 13.0 Å². The molecule has 0 spiro atoms. The highest BCUT2D eigenvalue weighted by Gasteiger charge is 2.04. The molecule has 3 aromatic carbocycles. The maximum Gasteiger partial charge on any atom is 0.306 e. The van der Waals surface area contributed by atoms with Crippen LogP contribution < -0.4 is 9.47 Å². The van der Waals surface area contributed by atoms with Gasteiger partial charge in [0.2, 0.25) is 0 Å². The van der Waals surface area contributed by atoms with Crippen LogP contribution in [0.25, 0.3) is 11.1 Å². The van der Waals surface area contributed by atoms with E-state index in [4.69, 9.17) is 37.8 Å². The number of ether oxygens (including phenoxy) is 2. The molecule has 28 heavy (non-hydrogen) atoms. The lowest BCUT2D eigenvalue weighted by molar-refractivity contribution is -0.137. The van der Waals surface area contributed by atoms with Crippen molar-refractivity contribution < 1.29 is 19.4 Å². The van der Waals surface area contributed by atoms with Gasteiger partial charge in [-0.2, -0.15) is 0 Å². The van der Waals surface area contributed by atoms with E-state index >= 15 is 0 Å². The van der Waals surface area contributed by atoms with Crippen molar-refractivity contribution in [1.82, 2.24) is 0 Å². The number of hydrogen-bond acceptors (Lipinski definition) is 3. The van der Waals surface area contributed by atoms with E-state index in [1.807, 2.05) is 48.5 Å². The van der Waals surface area contributed by atoms with Crippen LogP contribution in [0.5, 0.6) is 11.5 Å². The summed E-state index contributed by atoms with van der Waals surface area (Å²) in [7, 11) is 0. The summed E-state index contributed by atoms with van der Waals surface area (Å²) in [6.45, 7) is 0.531. The van der Waals surface area contributed by atoms with Gasteiger partial charge in [-0.15, -0.1) is 0 Å². The van der Waals surface area contributed by atoms with Gasteiger partial charge < -0.3 is 14.6 Å². The van der Waals surface area contributed by atoms with Gasteiger partial charge in [0.1, 0.15) is 18.1 Å². The van der Waals surface area contributed by atoms with E-state index in [1.165, 1.54) is 0 Å². The van der Waals surface area contributed by atoms with E-state index in [0.29, 0.717) is 22.4 Å². The molecule has 0 amide bonds. The molecule has 0 fully saturated rings. The quantitative estimate of drug-likeness (QED) is 0.482. The second-order valence-electron chi connectivity index (χ2n) is 6.08. The Kier molecular flexibility index (Phi) is 6.80. The SMILES string of the molecule is O=C(O)CCOc1cccc(-c2ccc(OCc3ccc(Cl)c(Cl)c3)cc2)c1. The zero-order valence-electron chi connectivity index (χ0n) is 14.9. The van der Waals surface area contributed by atoms with E-state index in [2.05, 4.69) is 0 Å². The monoisotopic (exact) mass is 416 g/mol. The molecule has 0 saturated heterocycles. The Bertz CT molecular complexity index is 955. The minimum atomic E-state index is -0.882. The third-order valence-corrected chi connectivity index (χ3v) is 4.73. The number of rotatable bonds is 8. The van der Waals surface area contributed by atoms with Gasteiger partial charge >= 0.3 is 5.97 Å². The highest BCUT2D eigenvalue weighted by atomic mass is 35.5. The molecule has 0 aliphatic carbocycles. The van der Waals surface area contributed by atoms with E-state index in [0.717, 1.165) is 22.4 Å². The van der Waals surface area contributed by atoms with Crippen molar-refractivity contribution >= 4 is 29.2 Å². The van der Waals surface area contributed by atoms with Crippen LogP contribution in [0.2, 0.25) is 10.0 Å². The number of carboxylic acid groups (broad SMARTS) is 1. The smallest absolute Gasteiger partial charge is 0.306 e. The predicted octanol–water partition coefficient (Wildman–Crippen LogP) is 6.09. The highest BCUT2D eigenvalue weighted by Crippen LogP contribution is 2.27. The zero-order valence-corrected chi connectivity index (χ0v) is 16.4. The summed E-state index contributed by atoms with van der Waals surface area (Å²) in [5.74, 6) is 0.495. The first-order valence-electron chi connectivity index (χ1n) is 8.63. The molecular weight excluding hydrogens is 399 g/mol. The molecular formula is C22H18Cl2O4. The lowest BCUT2D eigenvalue weighted by Crippen LogP contribution is -2.04. The molecule has 0 aliphatic rings. The molecule has 0 atom stereocenters. The normalized spacial score (nSPS) is 10.5. The first-order chi connectivity index (χ1) is 13.5. The molecule has 0 unspecified atom stereocenters. The first-order valence-corrected chi connectivity index (χ1v) is 9.39. The fourth-order valence-electron chi connectivity index (χ4n) is 2.56. The number of carbonyl (C=O) groups is 1. The minimum absolute atomic E-state index is 0.0326. The Labute approximate surface area is 173 Å². The molecule has 0 radical (unpaired) electrons. The van der Waals surface area contributed by atoms with Crippen LogP contribution in [0.1, 0.15) is 12.0 Å². The largest absolute Gasteiger partial charge is 0.493 e. The van der Waals surface area contributed by atoms with E-state index in [9.17, 15) is 4.79 Å². The van der Waals surface area contributed by atoms with Crippen LogP contribution in [-0.4, -0.2) is 17.7 Å². The number of benzene rings is 3. The van der Waals surface area contributed by atoms with Crippen molar-refractivity contribution in [1.29, 1.82) is 0 Å². The Morgan fingerprint density at radius 3 is 2.32 bits per heavy atom. The third-order valence-electron chi connectivity index (χ3n) is 4.00. The Morgan fingerprint density at radius 2 is 1.61 bits per heavy atom. The van der Waals surface area contributed by atoms with Gasteiger partial charge in [-0.25, -0.2) is 0 Å². The second kappa shape index (κ2) is 9.49. The van der Waals surface area contributed by atoms with Crippen LogP contribution >= 0.6 is 23.2 Å². The first kappa shape index (κ1) is 20.1. The number of aliphatic carboxylic acids is 1. The van der Waals surface area contributed by atoms with Crippen molar-refractivity contribution in [3.05, 3.63) is 82.3 Å². The van der Waals surface area contributed by atoms with Crippen LogP contribution in [0.15, 0.2) is 66.7 Å². The number of carboxylic acids is 1. The zero-order chi connectivity index (χ0) is 19.9. The molecule has 0 aliphatic heterocycles. The van der Waals surface area contributed by atoms with Gasteiger partial charge in [0.15, 0.2) is 0 Å². The molecule has 4 nitrogen and oxygen atoms in total. The summed E-state index contributed by atoms with van der Waals surface area (Å²) in [6.07, 6.45) is -0.0326. The summed E-state index contributed by atoms with van der Waals surface area (Å²) in [5.41, 5.74) is 2.92. The molecule has 0 saturated carbocycles. The van der Waals surface area contributed by atoms with Crippen LogP contribution in [0.4, 0.5) is 0 Å². The molecule has 144 valence electrons. The van der Waals surface area contributed by atoms with E-state index < -0.39 is 5.97 Å². The summed E-state index contributed by atoms with van der Waals surface area (Å²) < 4.78 is 11.3. The van der Waals surface area contributed by atoms with E-state index in [1.54, 1.807) is 18.2 Å². The molecule has 3 rings (SSSR count). The van der Waals surface area contributed by atoms with E-state index in [-0.39, 0.29) is 13.0 Å². The van der Waals surface area contributed by atoms with Gasteiger partial charge in [-0.05, 0) is 53.1 Å². The maximum atomic E-state index is 10.6. The third kappa shape index (κ3) is 5.65. The maximum absolute atomic E-state index is 10.6. The minimum Gasteiger partial charge on any atom is -0.493 e. The Balaban J connectivity index is 1.62.